The Labute approximate surface area is 118 Å². The molecule has 2 aromatic rings. The first-order valence-electron chi connectivity index (χ1n) is 6.46. The van der Waals surface area contributed by atoms with Gasteiger partial charge in [0, 0.05) is 26.1 Å². The van der Waals surface area contributed by atoms with E-state index in [1.165, 1.54) is 5.39 Å². The van der Waals surface area contributed by atoms with Crippen LogP contribution in [0.1, 0.15) is 12.1 Å². The third kappa shape index (κ3) is 3.69. The predicted octanol–water partition coefficient (Wildman–Crippen LogP) is 2.31. The molecule has 1 unspecified atom stereocenters. The number of benzene rings is 1. The Morgan fingerprint density at radius 3 is 3.00 bits per heavy atom. The zero-order chi connectivity index (χ0) is 13.7. The van der Waals surface area contributed by atoms with Crippen molar-refractivity contribution >= 4 is 22.5 Å². The molecule has 0 amide bonds. The quantitative estimate of drug-likeness (QED) is 0.625. The molecule has 0 saturated heterocycles. The number of aryl methyl sites for hydroxylation is 1. The van der Waals surface area contributed by atoms with Crippen LogP contribution < -0.4 is 5.32 Å². The van der Waals surface area contributed by atoms with Gasteiger partial charge in [0.25, 0.3) is 0 Å². The Hall–Kier alpha value is -1.10. The first-order valence-corrected chi connectivity index (χ1v) is 6.90. The largest absolute Gasteiger partial charge is 0.383 e. The van der Waals surface area contributed by atoms with Crippen LogP contribution in [0.25, 0.3) is 10.9 Å². The van der Waals surface area contributed by atoms with Gasteiger partial charge >= 0.3 is 0 Å². The van der Waals surface area contributed by atoms with Gasteiger partial charge in [-0.15, -0.1) is 11.6 Å². The predicted molar refractivity (Wildman–Crippen MR) is 78.6 cm³/mol. The molecule has 2 rings (SSSR count). The van der Waals surface area contributed by atoms with Crippen LogP contribution in [0.4, 0.5) is 0 Å². The first kappa shape index (κ1) is 14.3. The molecule has 1 heterocycles. The number of rotatable bonds is 7. The van der Waals surface area contributed by atoms with Crippen LogP contribution in [-0.2, 0) is 18.3 Å². The van der Waals surface area contributed by atoms with E-state index in [0.29, 0.717) is 6.61 Å². The Morgan fingerprint density at radius 1 is 1.42 bits per heavy atom. The van der Waals surface area contributed by atoms with E-state index in [-0.39, 0.29) is 5.38 Å². The number of ether oxygens (including phenoxy) is 1. The molecule has 0 aliphatic rings. The van der Waals surface area contributed by atoms with Gasteiger partial charge in [0.2, 0.25) is 0 Å². The zero-order valence-corrected chi connectivity index (χ0v) is 12.2. The lowest BCUT2D eigenvalue weighted by Gasteiger charge is -2.08. The number of para-hydroxylation sites is 1. The van der Waals surface area contributed by atoms with Crippen LogP contribution in [0.15, 0.2) is 24.3 Å². The van der Waals surface area contributed by atoms with Crippen LogP contribution in [-0.4, -0.2) is 35.4 Å². The van der Waals surface area contributed by atoms with Crippen LogP contribution >= 0.6 is 11.6 Å². The highest BCUT2D eigenvalue weighted by atomic mass is 35.5. The molecule has 4 nitrogen and oxygen atoms in total. The van der Waals surface area contributed by atoms with Gasteiger partial charge in [-0.3, -0.25) is 4.68 Å². The topological polar surface area (TPSA) is 39.1 Å². The number of hydrogen-bond donors (Lipinski definition) is 1. The summed E-state index contributed by atoms with van der Waals surface area (Å²) in [5.74, 6) is 0. The Morgan fingerprint density at radius 2 is 2.21 bits per heavy atom. The van der Waals surface area contributed by atoms with E-state index in [0.717, 1.165) is 30.7 Å². The molecule has 1 atom stereocenters. The van der Waals surface area contributed by atoms with E-state index in [1.807, 2.05) is 23.9 Å². The maximum atomic E-state index is 6.08. The lowest BCUT2D eigenvalue weighted by Crippen LogP contribution is -2.20. The van der Waals surface area contributed by atoms with Gasteiger partial charge in [-0.1, -0.05) is 18.2 Å². The van der Waals surface area contributed by atoms with Crippen LogP contribution in [0.2, 0.25) is 0 Å². The maximum absolute atomic E-state index is 6.08. The number of fused-ring (bicyclic) bond motifs is 1. The van der Waals surface area contributed by atoms with Gasteiger partial charge < -0.3 is 10.1 Å². The molecule has 0 saturated carbocycles. The Kier molecular flexibility index (Phi) is 5.19. The number of methoxy groups -OCH3 is 1. The lowest BCUT2D eigenvalue weighted by atomic mass is 10.2. The fourth-order valence-electron chi connectivity index (χ4n) is 2.15. The minimum Gasteiger partial charge on any atom is -0.383 e. The summed E-state index contributed by atoms with van der Waals surface area (Å²) in [4.78, 5) is 0. The SMILES string of the molecule is COCC(Cl)CCNCc1nn(C)c2ccccc12. The van der Waals surface area contributed by atoms with E-state index >= 15 is 0 Å². The molecule has 1 N–H and O–H groups in total. The Bertz CT molecular complexity index is 526. The average molecular weight is 282 g/mol. The second kappa shape index (κ2) is 6.89. The molecule has 5 heteroatoms. The number of hydrogen-bond acceptors (Lipinski definition) is 3. The summed E-state index contributed by atoms with van der Waals surface area (Å²) in [5, 5.41) is 9.19. The molecule has 0 fully saturated rings. The van der Waals surface area contributed by atoms with Crippen LogP contribution in [0.5, 0.6) is 0 Å². The van der Waals surface area contributed by atoms with Crippen molar-refractivity contribution in [3.8, 4) is 0 Å². The van der Waals surface area contributed by atoms with E-state index in [1.54, 1.807) is 7.11 Å². The average Bonchev–Trinajstić information content (AvgIpc) is 2.73. The highest BCUT2D eigenvalue weighted by Gasteiger charge is 2.08. The molecule has 1 aromatic carbocycles. The van der Waals surface area contributed by atoms with E-state index in [4.69, 9.17) is 16.3 Å². The summed E-state index contributed by atoms with van der Waals surface area (Å²) in [6, 6.07) is 8.26. The second-order valence-electron chi connectivity index (χ2n) is 4.61. The number of halogens is 1. The summed E-state index contributed by atoms with van der Waals surface area (Å²) < 4.78 is 6.92. The fraction of sp³-hybridized carbons (Fsp3) is 0.500. The molecule has 1 aromatic heterocycles. The monoisotopic (exact) mass is 281 g/mol. The molecule has 0 aliphatic heterocycles. The summed E-state index contributed by atoms with van der Waals surface area (Å²) in [6.45, 7) is 2.22. The van der Waals surface area contributed by atoms with E-state index < -0.39 is 0 Å². The second-order valence-corrected chi connectivity index (χ2v) is 5.22. The van der Waals surface area contributed by atoms with Crippen molar-refractivity contribution < 1.29 is 4.74 Å². The smallest absolute Gasteiger partial charge is 0.0841 e. The van der Waals surface area contributed by atoms with Crippen molar-refractivity contribution in [2.75, 3.05) is 20.3 Å². The van der Waals surface area contributed by atoms with Crippen molar-refractivity contribution in [3.05, 3.63) is 30.0 Å². The van der Waals surface area contributed by atoms with E-state index in [2.05, 4.69) is 22.5 Å². The number of nitrogens with one attached hydrogen (secondary N) is 1. The molecule has 0 aliphatic carbocycles. The van der Waals surface area contributed by atoms with Crippen LogP contribution in [0.3, 0.4) is 0 Å². The van der Waals surface area contributed by atoms with Crippen molar-refractivity contribution in [2.45, 2.75) is 18.3 Å². The van der Waals surface area contributed by atoms with Crippen LogP contribution in [0, 0.1) is 0 Å². The number of nitrogens with zero attached hydrogens (tertiary/aromatic N) is 2. The number of alkyl halides is 1. The fourth-order valence-corrected chi connectivity index (χ4v) is 2.38. The van der Waals surface area contributed by atoms with Crippen molar-refractivity contribution in [1.29, 1.82) is 0 Å². The minimum atomic E-state index is 0.0676. The highest BCUT2D eigenvalue weighted by Crippen LogP contribution is 2.17. The van der Waals surface area contributed by atoms with Gasteiger partial charge in [-0.2, -0.15) is 5.10 Å². The Balaban J connectivity index is 1.88. The maximum Gasteiger partial charge on any atom is 0.0841 e. The van der Waals surface area contributed by atoms with Crippen molar-refractivity contribution in [3.63, 3.8) is 0 Å². The third-order valence-electron chi connectivity index (χ3n) is 3.11. The molecule has 104 valence electrons. The summed E-state index contributed by atoms with van der Waals surface area (Å²) >= 11 is 6.08. The summed E-state index contributed by atoms with van der Waals surface area (Å²) in [5.41, 5.74) is 2.24. The van der Waals surface area contributed by atoms with Crippen molar-refractivity contribution in [2.24, 2.45) is 7.05 Å². The van der Waals surface area contributed by atoms with Gasteiger partial charge in [-0.05, 0) is 19.0 Å². The standard InChI is InChI=1S/C14H20ClN3O/c1-18-14-6-4-3-5-12(14)13(17-18)9-16-8-7-11(15)10-19-2/h3-6,11,16H,7-10H2,1-2H3. The molecular weight excluding hydrogens is 262 g/mol. The summed E-state index contributed by atoms with van der Waals surface area (Å²) in [6.07, 6.45) is 0.889. The zero-order valence-electron chi connectivity index (χ0n) is 11.4. The molecule has 0 radical (unpaired) electrons. The van der Waals surface area contributed by atoms with Gasteiger partial charge in [0.15, 0.2) is 0 Å². The molecule has 19 heavy (non-hydrogen) atoms. The molecule has 0 spiro atoms. The molecular formula is C14H20ClN3O. The lowest BCUT2D eigenvalue weighted by molar-refractivity contribution is 0.195. The third-order valence-corrected chi connectivity index (χ3v) is 3.45. The number of aromatic nitrogens is 2. The van der Waals surface area contributed by atoms with Crippen molar-refractivity contribution in [1.82, 2.24) is 15.1 Å². The summed E-state index contributed by atoms with van der Waals surface area (Å²) in [7, 11) is 3.64. The van der Waals surface area contributed by atoms with E-state index in [9.17, 15) is 0 Å². The first-order chi connectivity index (χ1) is 9.22. The van der Waals surface area contributed by atoms with Gasteiger partial charge in [0.05, 0.1) is 23.2 Å². The highest BCUT2D eigenvalue weighted by molar-refractivity contribution is 6.20. The van der Waals surface area contributed by atoms with Gasteiger partial charge in [-0.25, -0.2) is 0 Å². The molecule has 0 bridgehead atoms. The normalized spacial score (nSPS) is 13.0. The van der Waals surface area contributed by atoms with Gasteiger partial charge in [0.1, 0.15) is 0 Å². The minimum absolute atomic E-state index is 0.0676.